The summed E-state index contributed by atoms with van der Waals surface area (Å²) >= 11 is 0. The SMILES string of the molecule is Cc1cccc([C@H](C)n2cnc3c(C)c(C)ccc3c2=O)n1. The Bertz CT molecular complexity index is 912. The molecule has 0 amide bonds. The zero-order valence-corrected chi connectivity index (χ0v) is 13.3. The van der Waals surface area contributed by atoms with E-state index >= 15 is 0 Å². The van der Waals surface area contributed by atoms with E-state index in [-0.39, 0.29) is 11.6 Å². The standard InChI is InChI=1S/C18H19N3O/c1-11-8-9-15-17(13(11)3)19-10-21(18(15)22)14(4)16-7-5-6-12(2)20-16/h5-10,14H,1-4H3/t14-/m0/s1. The number of hydrogen-bond donors (Lipinski definition) is 0. The van der Waals surface area contributed by atoms with Crippen LogP contribution in [0, 0.1) is 20.8 Å². The predicted octanol–water partition coefficient (Wildman–Crippen LogP) is 3.33. The van der Waals surface area contributed by atoms with Crippen molar-refractivity contribution in [3.63, 3.8) is 0 Å². The summed E-state index contributed by atoms with van der Waals surface area (Å²) in [7, 11) is 0. The molecule has 1 aromatic carbocycles. The van der Waals surface area contributed by atoms with Crippen molar-refractivity contribution in [2.24, 2.45) is 0 Å². The Morgan fingerprint density at radius 1 is 1.09 bits per heavy atom. The molecule has 0 radical (unpaired) electrons. The van der Waals surface area contributed by atoms with Crippen molar-refractivity contribution in [3.8, 4) is 0 Å². The molecule has 4 heteroatoms. The van der Waals surface area contributed by atoms with E-state index in [2.05, 4.69) is 9.97 Å². The molecule has 3 aromatic rings. The van der Waals surface area contributed by atoms with Gasteiger partial charge in [-0.3, -0.25) is 14.3 Å². The molecule has 0 bridgehead atoms. The minimum atomic E-state index is -0.147. The van der Waals surface area contributed by atoms with Crippen LogP contribution in [0.3, 0.4) is 0 Å². The van der Waals surface area contributed by atoms with Gasteiger partial charge in [-0.2, -0.15) is 0 Å². The molecular weight excluding hydrogens is 274 g/mol. The lowest BCUT2D eigenvalue weighted by atomic mass is 10.1. The third-order valence-electron chi connectivity index (χ3n) is 4.23. The quantitative estimate of drug-likeness (QED) is 0.728. The van der Waals surface area contributed by atoms with Crippen LogP contribution in [0.15, 0.2) is 41.5 Å². The number of benzene rings is 1. The maximum Gasteiger partial charge on any atom is 0.261 e. The molecule has 3 rings (SSSR count). The Hall–Kier alpha value is -2.49. The van der Waals surface area contributed by atoms with Crippen LogP contribution in [0.25, 0.3) is 10.9 Å². The molecule has 2 aromatic heterocycles. The van der Waals surface area contributed by atoms with Gasteiger partial charge < -0.3 is 0 Å². The third kappa shape index (κ3) is 2.30. The zero-order valence-electron chi connectivity index (χ0n) is 13.3. The van der Waals surface area contributed by atoms with Crippen molar-refractivity contribution in [3.05, 3.63) is 69.5 Å². The molecule has 2 heterocycles. The average Bonchev–Trinajstić information content (AvgIpc) is 2.51. The molecule has 0 fully saturated rings. The molecule has 22 heavy (non-hydrogen) atoms. The Morgan fingerprint density at radius 3 is 2.59 bits per heavy atom. The van der Waals surface area contributed by atoms with Crippen LogP contribution < -0.4 is 5.56 Å². The number of nitrogens with zero attached hydrogens (tertiary/aromatic N) is 3. The monoisotopic (exact) mass is 293 g/mol. The Balaban J connectivity index is 2.18. The second-order valence-corrected chi connectivity index (χ2v) is 5.74. The molecule has 1 atom stereocenters. The van der Waals surface area contributed by atoms with Crippen LogP contribution in [0.5, 0.6) is 0 Å². The van der Waals surface area contributed by atoms with Crippen LogP contribution in [-0.4, -0.2) is 14.5 Å². The lowest BCUT2D eigenvalue weighted by Crippen LogP contribution is -2.25. The second-order valence-electron chi connectivity index (χ2n) is 5.74. The van der Waals surface area contributed by atoms with E-state index in [4.69, 9.17) is 0 Å². The Labute approximate surface area is 129 Å². The van der Waals surface area contributed by atoms with Crippen LogP contribution in [0.4, 0.5) is 0 Å². The first-order valence-corrected chi connectivity index (χ1v) is 7.39. The fourth-order valence-corrected chi connectivity index (χ4v) is 2.67. The van der Waals surface area contributed by atoms with Crippen molar-refractivity contribution in [2.45, 2.75) is 33.7 Å². The number of rotatable bonds is 2. The van der Waals surface area contributed by atoms with Crippen molar-refractivity contribution < 1.29 is 0 Å². The molecule has 0 N–H and O–H groups in total. The van der Waals surface area contributed by atoms with E-state index < -0.39 is 0 Å². The van der Waals surface area contributed by atoms with Gasteiger partial charge in [-0.1, -0.05) is 12.1 Å². The minimum absolute atomic E-state index is 0.0242. The average molecular weight is 293 g/mol. The molecule has 0 saturated carbocycles. The summed E-state index contributed by atoms with van der Waals surface area (Å²) in [6.07, 6.45) is 1.63. The largest absolute Gasteiger partial charge is 0.290 e. The summed E-state index contributed by atoms with van der Waals surface area (Å²) in [5.41, 5.74) is 4.77. The van der Waals surface area contributed by atoms with Crippen molar-refractivity contribution >= 4 is 10.9 Å². The lowest BCUT2D eigenvalue weighted by Gasteiger charge is -2.16. The summed E-state index contributed by atoms with van der Waals surface area (Å²) in [6, 6.07) is 9.53. The van der Waals surface area contributed by atoms with E-state index in [0.717, 1.165) is 28.0 Å². The number of fused-ring (bicyclic) bond motifs is 1. The van der Waals surface area contributed by atoms with E-state index in [1.807, 2.05) is 58.0 Å². The first-order valence-electron chi connectivity index (χ1n) is 7.39. The molecule has 0 spiro atoms. The minimum Gasteiger partial charge on any atom is -0.290 e. The highest BCUT2D eigenvalue weighted by Crippen LogP contribution is 2.19. The third-order valence-corrected chi connectivity index (χ3v) is 4.23. The van der Waals surface area contributed by atoms with Crippen molar-refractivity contribution in [1.82, 2.24) is 14.5 Å². The highest BCUT2D eigenvalue weighted by atomic mass is 16.1. The summed E-state index contributed by atoms with van der Waals surface area (Å²) in [6.45, 7) is 7.95. The van der Waals surface area contributed by atoms with Crippen LogP contribution in [0.1, 0.15) is 35.5 Å². The molecule has 0 saturated heterocycles. The summed E-state index contributed by atoms with van der Waals surface area (Å²) < 4.78 is 1.65. The van der Waals surface area contributed by atoms with Crippen molar-refractivity contribution in [1.29, 1.82) is 0 Å². The van der Waals surface area contributed by atoms with Gasteiger partial charge in [0.25, 0.3) is 5.56 Å². The number of aryl methyl sites for hydroxylation is 3. The predicted molar refractivity (Wildman–Crippen MR) is 88.3 cm³/mol. The molecular formula is C18H19N3O. The van der Waals surface area contributed by atoms with Gasteiger partial charge in [0.05, 0.1) is 29.0 Å². The van der Waals surface area contributed by atoms with Gasteiger partial charge >= 0.3 is 0 Å². The number of hydrogen-bond acceptors (Lipinski definition) is 3. The van der Waals surface area contributed by atoms with Gasteiger partial charge in [-0.25, -0.2) is 4.98 Å². The smallest absolute Gasteiger partial charge is 0.261 e. The van der Waals surface area contributed by atoms with Gasteiger partial charge in [0.1, 0.15) is 0 Å². The normalized spacial score (nSPS) is 12.5. The fraction of sp³-hybridized carbons (Fsp3) is 0.278. The van der Waals surface area contributed by atoms with Gasteiger partial charge in [-0.05, 0) is 57.0 Å². The van der Waals surface area contributed by atoms with Gasteiger partial charge in [-0.15, -0.1) is 0 Å². The van der Waals surface area contributed by atoms with E-state index in [1.165, 1.54) is 0 Å². The van der Waals surface area contributed by atoms with Gasteiger partial charge in [0, 0.05) is 5.69 Å². The summed E-state index contributed by atoms with van der Waals surface area (Å²) in [4.78, 5) is 21.8. The highest BCUT2D eigenvalue weighted by Gasteiger charge is 2.14. The topological polar surface area (TPSA) is 47.8 Å². The molecule has 4 nitrogen and oxygen atoms in total. The number of pyridine rings is 1. The van der Waals surface area contributed by atoms with E-state index in [0.29, 0.717) is 5.39 Å². The Morgan fingerprint density at radius 2 is 1.86 bits per heavy atom. The second kappa shape index (κ2) is 5.37. The molecule has 0 unspecified atom stereocenters. The zero-order chi connectivity index (χ0) is 15.9. The van der Waals surface area contributed by atoms with Crippen molar-refractivity contribution in [2.75, 3.05) is 0 Å². The summed E-state index contributed by atoms with van der Waals surface area (Å²) in [5.74, 6) is 0. The van der Waals surface area contributed by atoms with E-state index in [9.17, 15) is 4.79 Å². The molecule has 0 aliphatic rings. The van der Waals surface area contributed by atoms with E-state index in [1.54, 1.807) is 10.9 Å². The molecule has 0 aliphatic carbocycles. The maximum absolute atomic E-state index is 12.8. The maximum atomic E-state index is 12.8. The van der Waals surface area contributed by atoms with Crippen LogP contribution >= 0.6 is 0 Å². The summed E-state index contributed by atoms with van der Waals surface area (Å²) in [5, 5.41) is 0.658. The van der Waals surface area contributed by atoms with Gasteiger partial charge in [0.15, 0.2) is 0 Å². The van der Waals surface area contributed by atoms with Gasteiger partial charge in [0.2, 0.25) is 0 Å². The van der Waals surface area contributed by atoms with Crippen LogP contribution in [-0.2, 0) is 0 Å². The molecule has 0 aliphatic heterocycles. The fourth-order valence-electron chi connectivity index (χ4n) is 2.67. The Kier molecular flexibility index (Phi) is 3.53. The first kappa shape index (κ1) is 14.4. The highest BCUT2D eigenvalue weighted by molar-refractivity contribution is 5.81. The number of aromatic nitrogens is 3. The first-order chi connectivity index (χ1) is 10.5. The molecule has 112 valence electrons. The van der Waals surface area contributed by atoms with Crippen LogP contribution in [0.2, 0.25) is 0 Å². The lowest BCUT2D eigenvalue weighted by molar-refractivity contribution is 0.591.